The van der Waals surface area contributed by atoms with Crippen LogP contribution in [0, 0.1) is 11.3 Å². The molecule has 0 spiro atoms. The smallest absolute Gasteiger partial charge is 0.0546 e. The summed E-state index contributed by atoms with van der Waals surface area (Å²) in [6.07, 6.45) is 1.99. The maximum absolute atomic E-state index is 9.05. The van der Waals surface area contributed by atoms with Gasteiger partial charge >= 0.3 is 0 Å². The van der Waals surface area contributed by atoms with Crippen molar-refractivity contribution in [2.24, 2.45) is 11.3 Å². The van der Waals surface area contributed by atoms with Gasteiger partial charge in [0.25, 0.3) is 0 Å². The maximum Gasteiger partial charge on any atom is 0.0546 e. The van der Waals surface area contributed by atoms with Crippen molar-refractivity contribution in [3.05, 3.63) is 0 Å². The van der Waals surface area contributed by atoms with Crippen molar-refractivity contribution < 1.29 is 5.11 Å². The molecule has 2 heteroatoms. The molecule has 1 rings (SSSR count). The Balaban J connectivity index is 1.97. The van der Waals surface area contributed by atoms with Gasteiger partial charge in [0.05, 0.1) is 6.10 Å². The van der Waals surface area contributed by atoms with Crippen molar-refractivity contribution in [3.8, 4) is 0 Å². The van der Waals surface area contributed by atoms with E-state index in [-0.39, 0.29) is 6.10 Å². The van der Waals surface area contributed by atoms with Crippen LogP contribution in [0.25, 0.3) is 0 Å². The van der Waals surface area contributed by atoms with Crippen molar-refractivity contribution in [1.82, 2.24) is 5.32 Å². The lowest BCUT2D eigenvalue weighted by atomic mass is 9.82. The van der Waals surface area contributed by atoms with Crippen LogP contribution in [0.3, 0.4) is 0 Å². The molecule has 2 N–H and O–H groups in total. The van der Waals surface area contributed by atoms with Crippen LogP contribution in [0.2, 0.25) is 0 Å². The summed E-state index contributed by atoms with van der Waals surface area (Å²) in [5.41, 5.74) is 0.377. The van der Waals surface area contributed by atoms with E-state index in [1.165, 1.54) is 0 Å². The Kier molecular flexibility index (Phi) is 3.13. The molecular weight excluding hydrogens is 150 g/mol. The minimum Gasteiger partial charge on any atom is -0.393 e. The second-order valence-corrected chi connectivity index (χ2v) is 5.18. The van der Waals surface area contributed by atoms with E-state index in [1.807, 2.05) is 0 Å². The van der Waals surface area contributed by atoms with Gasteiger partial charge in [0.15, 0.2) is 0 Å². The molecule has 0 aromatic heterocycles. The Hall–Kier alpha value is -0.0800. The molecule has 0 bridgehead atoms. The first kappa shape index (κ1) is 10.0. The maximum atomic E-state index is 9.05. The second kappa shape index (κ2) is 3.75. The summed E-state index contributed by atoms with van der Waals surface area (Å²) in [5.74, 6) is 0.724. The van der Waals surface area contributed by atoms with Gasteiger partial charge in [0, 0.05) is 0 Å². The Morgan fingerprint density at radius 1 is 1.33 bits per heavy atom. The van der Waals surface area contributed by atoms with Crippen molar-refractivity contribution >= 4 is 0 Å². The van der Waals surface area contributed by atoms with Crippen LogP contribution >= 0.6 is 0 Å². The van der Waals surface area contributed by atoms with Crippen LogP contribution < -0.4 is 5.32 Å². The fourth-order valence-corrected chi connectivity index (χ4v) is 1.52. The molecular formula is C10H21NO. The van der Waals surface area contributed by atoms with E-state index in [2.05, 4.69) is 26.1 Å². The summed E-state index contributed by atoms with van der Waals surface area (Å²) in [7, 11) is 0. The molecule has 0 aliphatic heterocycles. The Morgan fingerprint density at radius 3 is 2.33 bits per heavy atom. The van der Waals surface area contributed by atoms with Gasteiger partial charge in [-0.05, 0) is 37.3 Å². The first-order valence-corrected chi connectivity index (χ1v) is 4.86. The molecule has 0 aromatic rings. The number of hydrogen-bond acceptors (Lipinski definition) is 2. The SMILES string of the molecule is CC(C)(C)CNCC1CC(O)C1. The zero-order valence-electron chi connectivity index (χ0n) is 8.43. The molecule has 72 valence electrons. The zero-order valence-corrected chi connectivity index (χ0v) is 8.43. The average molecular weight is 171 g/mol. The fraction of sp³-hybridized carbons (Fsp3) is 1.00. The summed E-state index contributed by atoms with van der Waals surface area (Å²) < 4.78 is 0. The van der Waals surface area contributed by atoms with Gasteiger partial charge < -0.3 is 10.4 Å². The monoisotopic (exact) mass is 171 g/mol. The zero-order chi connectivity index (χ0) is 9.19. The van der Waals surface area contributed by atoms with Crippen LogP contribution in [0.4, 0.5) is 0 Å². The largest absolute Gasteiger partial charge is 0.393 e. The third kappa shape index (κ3) is 3.55. The summed E-state index contributed by atoms with van der Waals surface area (Å²) in [6.45, 7) is 8.84. The molecule has 1 fully saturated rings. The van der Waals surface area contributed by atoms with Gasteiger partial charge in [-0.25, -0.2) is 0 Å². The molecule has 1 saturated carbocycles. The highest BCUT2D eigenvalue weighted by Crippen LogP contribution is 2.26. The average Bonchev–Trinajstić information content (AvgIpc) is 1.81. The standard InChI is InChI=1S/C10H21NO/c1-10(2,3)7-11-6-8-4-9(12)5-8/h8-9,11-12H,4-7H2,1-3H3. The lowest BCUT2D eigenvalue weighted by molar-refractivity contribution is 0.0423. The fourth-order valence-electron chi connectivity index (χ4n) is 1.52. The minimum atomic E-state index is -0.00793. The molecule has 1 aliphatic carbocycles. The van der Waals surface area contributed by atoms with Crippen molar-refractivity contribution in [1.29, 1.82) is 0 Å². The van der Waals surface area contributed by atoms with E-state index in [4.69, 9.17) is 5.11 Å². The second-order valence-electron chi connectivity index (χ2n) is 5.18. The highest BCUT2D eigenvalue weighted by Gasteiger charge is 2.26. The Bertz CT molecular complexity index is 133. The van der Waals surface area contributed by atoms with Crippen LogP contribution in [0.1, 0.15) is 33.6 Å². The predicted molar refractivity (Wildman–Crippen MR) is 51.1 cm³/mol. The molecule has 0 heterocycles. The third-order valence-electron chi connectivity index (χ3n) is 2.30. The molecule has 2 nitrogen and oxygen atoms in total. The summed E-state index contributed by atoms with van der Waals surface area (Å²) >= 11 is 0. The summed E-state index contributed by atoms with van der Waals surface area (Å²) in [6, 6.07) is 0. The number of nitrogens with one attached hydrogen (secondary N) is 1. The van der Waals surface area contributed by atoms with Gasteiger partial charge in [-0.3, -0.25) is 0 Å². The molecule has 1 aliphatic rings. The first-order valence-electron chi connectivity index (χ1n) is 4.86. The minimum absolute atomic E-state index is 0.00793. The first-order chi connectivity index (χ1) is 5.47. The van der Waals surface area contributed by atoms with E-state index in [0.29, 0.717) is 5.41 Å². The van der Waals surface area contributed by atoms with Crippen molar-refractivity contribution in [2.75, 3.05) is 13.1 Å². The lowest BCUT2D eigenvalue weighted by Gasteiger charge is -2.32. The third-order valence-corrected chi connectivity index (χ3v) is 2.30. The molecule has 12 heavy (non-hydrogen) atoms. The number of aliphatic hydroxyl groups is 1. The molecule has 0 aromatic carbocycles. The molecule has 0 amide bonds. The highest BCUT2D eigenvalue weighted by molar-refractivity contribution is 4.80. The van der Waals surface area contributed by atoms with Gasteiger partial charge in [0.1, 0.15) is 0 Å². The van der Waals surface area contributed by atoms with E-state index in [0.717, 1.165) is 31.8 Å². The van der Waals surface area contributed by atoms with Gasteiger partial charge in [-0.15, -0.1) is 0 Å². The van der Waals surface area contributed by atoms with E-state index in [1.54, 1.807) is 0 Å². The molecule has 0 radical (unpaired) electrons. The summed E-state index contributed by atoms with van der Waals surface area (Å²) in [4.78, 5) is 0. The van der Waals surface area contributed by atoms with Gasteiger partial charge in [-0.2, -0.15) is 0 Å². The molecule has 0 saturated heterocycles. The number of aliphatic hydroxyl groups excluding tert-OH is 1. The van der Waals surface area contributed by atoms with Gasteiger partial charge in [0.2, 0.25) is 0 Å². The Morgan fingerprint density at radius 2 is 1.92 bits per heavy atom. The molecule has 0 atom stereocenters. The highest BCUT2D eigenvalue weighted by atomic mass is 16.3. The van der Waals surface area contributed by atoms with Crippen LogP contribution in [0.15, 0.2) is 0 Å². The molecule has 0 unspecified atom stereocenters. The van der Waals surface area contributed by atoms with Crippen molar-refractivity contribution in [3.63, 3.8) is 0 Å². The van der Waals surface area contributed by atoms with Gasteiger partial charge in [-0.1, -0.05) is 20.8 Å². The van der Waals surface area contributed by atoms with E-state index in [9.17, 15) is 0 Å². The van der Waals surface area contributed by atoms with Crippen molar-refractivity contribution in [2.45, 2.75) is 39.7 Å². The lowest BCUT2D eigenvalue weighted by Crippen LogP contribution is -2.38. The number of hydrogen-bond donors (Lipinski definition) is 2. The Labute approximate surface area is 75.4 Å². The predicted octanol–water partition coefficient (Wildman–Crippen LogP) is 1.39. The number of rotatable bonds is 3. The van der Waals surface area contributed by atoms with Crippen LogP contribution in [-0.4, -0.2) is 24.3 Å². The van der Waals surface area contributed by atoms with E-state index >= 15 is 0 Å². The topological polar surface area (TPSA) is 32.3 Å². The van der Waals surface area contributed by atoms with Crippen LogP contribution in [0.5, 0.6) is 0 Å². The summed E-state index contributed by atoms with van der Waals surface area (Å²) in [5, 5.41) is 12.5. The van der Waals surface area contributed by atoms with E-state index < -0.39 is 0 Å². The van der Waals surface area contributed by atoms with Crippen LogP contribution in [-0.2, 0) is 0 Å². The normalized spacial score (nSPS) is 30.0. The quantitative estimate of drug-likeness (QED) is 0.672.